The summed E-state index contributed by atoms with van der Waals surface area (Å²) in [4.78, 5) is 27.6. The van der Waals surface area contributed by atoms with Crippen molar-refractivity contribution in [2.75, 3.05) is 19.0 Å². The molecule has 1 aromatic heterocycles. The highest BCUT2D eigenvalue weighted by Gasteiger charge is 2.13. The van der Waals surface area contributed by atoms with Gasteiger partial charge >= 0.3 is 12.0 Å². The molecule has 6 nitrogen and oxygen atoms in total. The van der Waals surface area contributed by atoms with Crippen LogP contribution in [0.2, 0.25) is 0 Å². The molecule has 0 unspecified atom stereocenters. The zero-order chi connectivity index (χ0) is 13.5. The number of esters is 1. The minimum absolute atomic E-state index is 0.179. The van der Waals surface area contributed by atoms with Gasteiger partial charge in [-0.05, 0) is 13.3 Å². The second kappa shape index (κ2) is 6.95. The van der Waals surface area contributed by atoms with Crippen molar-refractivity contribution < 1.29 is 14.3 Å². The number of urea groups is 1. The van der Waals surface area contributed by atoms with E-state index in [1.165, 1.54) is 18.4 Å². The summed E-state index contributed by atoms with van der Waals surface area (Å²) in [5, 5.41) is 5.81. The van der Waals surface area contributed by atoms with Gasteiger partial charge in [-0.25, -0.2) is 9.78 Å². The second-order valence-corrected chi connectivity index (χ2v) is 4.75. The van der Waals surface area contributed by atoms with Crippen molar-refractivity contribution in [1.82, 2.24) is 10.3 Å². The van der Waals surface area contributed by atoms with E-state index in [1.54, 1.807) is 6.92 Å². The van der Waals surface area contributed by atoms with Crippen LogP contribution in [-0.2, 0) is 16.0 Å². The summed E-state index contributed by atoms with van der Waals surface area (Å²) in [5.41, 5.74) is 0.733. The van der Waals surface area contributed by atoms with Gasteiger partial charge in [0.1, 0.15) is 0 Å². The lowest BCUT2D eigenvalue weighted by Gasteiger charge is -2.02. The molecule has 1 heterocycles. The van der Waals surface area contributed by atoms with Crippen LogP contribution in [-0.4, -0.2) is 30.6 Å². The van der Waals surface area contributed by atoms with E-state index in [-0.39, 0.29) is 18.4 Å². The van der Waals surface area contributed by atoms with E-state index in [0.717, 1.165) is 17.0 Å². The SMILES string of the molecule is CCCNC(=O)Nc1nc(C)c(CC(=O)OC)s1. The molecule has 0 radical (unpaired) electrons. The third kappa shape index (κ3) is 4.33. The van der Waals surface area contributed by atoms with Gasteiger partial charge in [-0.3, -0.25) is 10.1 Å². The first-order chi connectivity index (χ1) is 8.56. The van der Waals surface area contributed by atoms with E-state index < -0.39 is 0 Å². The molecule has 0 aliphatic rings. The predicted octanol–water partition coefficient (Wildman–Crippen LogP) is 1.70. The number of carbonyl (C=O) groups excluding carboxylic acids is 2. The van der Waals surface area contributed by atoms with E-state index in [2.05, 4.69) is 20.4 Å². The predicted molar refractivity (Wildman–Crippen MR) is 69.9 cm³/mol. The smallest absolute Gasteiger partial charge is 0.321 e. The van der Waals surface area contributed by atoms with Gasteiger partial charge < -0.3 is 10.1 Å². The summed E-state index contributed by atoms with van der Waals surface area (Å²) in [5.74, 6) is -0.316. The first-order valence-electron chi connectivity index (χ1n) is 5.64. The molecule has 0 aliphatic carbocycles. The molecular formula is C11H17N3O3S. The molecule has 0 spiro atoms. The molecule has 7 heteroatoms. The maximum absolute atomic E-state index is 11.4. The van der Waals surface area contributed by atoms with Crippen molar-refractivity contribution in [3.05, 3.63) is 10.6 Å². The van der Waals surface area contributed by atoms with Crippen LogP contribution in [0.15, 0.2) is 0 Å². The van der Waals surface area contributed by atoms with Crippen molar-refractivity contribution in [3.8, 4) is 0 Å². The number of carbonyl (C=O) groups is 2. The van der Waals surface area contributed by atoms with Gasteiger partial charge in [0.15, 0.2) is 5.13 Å². The molecule has 2 amide bonds. The fourth-order valence-electron chi connectivity index (χ4n) is 1.23. The van der Waals surface area contributed by atoms with Crippen molar-refractivity contribution in [1.29, 1.82) is 0 Å². The number of ether oxygens (including phenoxy) is 1. The Morgan fingerprint density at radius 3 is 2.78 bits per heavy atom. The number of hydrogen-bond donors (Lipinski definition) is 2. The van der Waals surface area contributed by atoms with Crippen LogP contribution < -0.4 is 10.6 Å². The Kier molecular flexibility index (Phi) is 5.57. The van der Waals surface area contributed by atoms with E-state index in [0.29, 0.717) is 11.7 Å². The Bertz CT molecular complexity index is 431. The number of aromatic nitrogens is 1. The van der Waals surface area contributed by atoms with Crippen LogP contribution in [0.5, 0.6) is 0 Å². The first kappa shape index (κ1) is 14.4. The van der Waals surface area contributed by atoms with Crippen LogP contribution in [0.1, 0.15) is 23.9 Å². The lowest BCUT2D eigenvalue weighted by molar-refractivity contribution is -0.139. The topological polar surface area (TPSA) is 80.3 Å². The highest BCUT2D eigenvalue weighted by atomic mass is 32.1. The standard InChI is InChI=1S/C11H17N3O3S/c1-4-5-12-10(16)14-11-13-7(2)8(18-11)6-9(15)17-3/h4-6H2,1-3H3,(H2,12,13,14,16). The molecule has 0 bridgehead atoms. The Labute approximate surface area is 110 Å². The van der Waals surface area contributed by atoms with E-state index in [9.17, 15) is 9.59 Å². The largest absolute Gasteiger partial charge is 0.469 e. The summed E-state index contributed by atoms with van der Waals surface area (Å²) in [7, 11) is 1.34. The summed E-state index contributed by atoms with van der Waals surface area (Å²) in [6, 6.07) is -0.282. The molecule has 1 rings (SSSR count). The number of thiazole rings is 1. The minimum Gasteiger partial charge on any atom is -0.469 e. The van der Waals surface area contributed by atoms with E-state index in [4.69, 9.17) is 0 Å². The molecule has 0 saturated carbocycles. The summed E-state index contributed by atoms with van der Waals surface area (Å²) >= 11 is 1.28. The summed E-state index contributed by atoms with van der Waals surface area (Å²) in [6.07, 6.45) is 1.05. The second-order valence-electron chi connectivity index (χ2n) is 3.66. The van der Waals surface area contributed by atoms with Crippen molar-refractivity contribution in [2.24, 2.45) is 0 Å². The molecule has 100 valence electrons. The van der Waals surface area contributed by atoms with Crippen LogP contribution >= 0.6 is 11.3 Å². The third-order valence-electron chi connectivity index (χ3n) is 2.18. The van der Waals surface area contributed by atoms with Crippen LogP contribution in [0.3, 0.4) is 0 Å². The molecule has 0 fully saturated rings. The van der Waals surface area contributed by atoms with Crippen molar-refractivity contribution in [2.45, 2.75) is 26.7 Å². The number of nitrogens with zero attached hydrogens (tertiary/aromatic N) is 1. The molecule has 0 aliphatic heterocycles. The van der Waals surface area contributed by atoms with Crippen molar-refractivity contribution >= 4 is 28.5 Å². The van der Waals surface area contributed by atoms with Gasteiger partial charge in [0.25, 0.3) is 0 Å². The van der Waals surface area contributed by atoms with Crippen LogP contribution in [0, 0.1) is 6.92 Å². The van der Waals surface area contributed by atoms with Gasteiger partial charge in [0.2, 0.25) is 0 Å². The van der Waals surface area contributed by atoms with Gasteiger partial charge in [0.05, 0.1) is 19.2 Å². The lowest BCUT2D eigenvalue weighted by Crippen LogP contribution is -2.29. The number of nitrogens with one attached hydrogen (secondary N) is 2. The van der Waals surface area contributed by atoms with E-state index in [1.807, 2.05) is 6.92 Å². The van der Waals surface area contributed by atoms with Gasteiger partial charge in [-0.2, -0.15) is 0 Å². The summed E-state index contributed by atoms with van der Waals surface area (Å²) in [6.45, 7) is 4.39. The number of rotatable bonds is 5. The number of methoxy groups -OCH3 is 1. The van der Waals surface area contributed by atoms with Crippen molar-refractivity contribution in [3.63, 3.8) is 0 Å². The first-order valence-corrected chi connectivity index (χ1v) is 6.46. The van der Waals surface area contributed by atoms with Gasteiger partial charge in [-0.15, -0.1) is 11.3 Å². The third-order valence-corrected chi connectivity index (χ3v) is 3.25. The average Bonchev–Trinajstić information content (AvgIpc) is 2.66. The maximum Gasteiger partial charge on any atom is 0.321 e. The van der Waals surface area contributed by atoms with Crippen LogP contribution in [0.25, 0.3) is 0 Å². The number of hydrogen-bond acceptors (Lipinski definition) is 5. The Morgan fingerprint density at radius 2 is 2.17 bits per heavy atom. The normalized spacial score (nSPS) is 9.94. The highest BCUT2D eigenvalue weighted by molar-refractivity contribution is 7.16. The fraction of sp³-hybridized carbons (Fsp3) is 0.545. The van der Waals surface area contributed by atoms with Crippen LogP contribution in [0.4, 0.5) is 9.93 Å². The lowest BCUT2D eigenvalue weighted by atomic mass is 10.3. The van der Waals surface area contributed by atoms with E-state index >= 15 is 0 Å². The monoisotopic (exact) mass is 271 g/mol. The quantitative estimate of drug-likeness (QED) is 0.799. The highest BCUT2D eigenvalue weighted by Crippen LogP contribution is 2.23. The molecule has 18 heavy (non-hydrogen) atoms. The zero-order valence-corrected chi connectivity index (χ0v) is 11.5. The minimum atomic E-state index is -0.316. The average molecular weight is 271 g/mol. The Balaban J connectivity index is 2.60. The zero-order valence-electron chi connectivity index (χ0n) is 10.7. The molecule has 0 aromatic carbocycles. The molecule has 1 aromatic rings. The Hall–Kier alpha value is -1.63. The molecule has 2 N–H and O–H groups in total. The summed E-state index contributed by atoms with van der Waals surface area (Å²) < 4.78 is 4.59. The molecule has 0 saturated heterocycles. The Morgan fingerprint density at radius 1 is 1.44 bits per heavy atom. The van der Waals surface area contributed by atoms with Gasteiger partial charge in [-0.1, -0.05) is 6.92 Å². The fourth-order valence-corrected chi connectivity index (χ4v) is 2.17. The molecule has 0 atom stereocenters. The maximum atomic E-state index is 11.4. The van der Waals surface area contributed by atoms with Gasteiger partial charge in [0, 0.05) is 11.4 Å². The number of anilines is 1. The molecular weight excluding hydrogens is 254 g/mol. The number of aryl methyl sites for hydroxylation is 1. The number of amides is 2.